The van der Waals surface area contributed by atoms with Crippen LogP contribution in [0.25, 0.3) is 0 Å². The SMILES string of the molecule is CC(C)Oc1ccc(C(C)C(O)C(C)C)cc1. The van der Waals surface area contributed by atoms with Crippen molar-refractivity contribution in [3.8, 4) is 5.75 Å². The van der Waals surface area contributed by atoms with Gasteiger partial charge in [-0.05, 0) is 37.5 Å². The Bertz CT molecular complexity index is 327. The van der Waals surface area contributed by atoms with Gasteiger partial charge in [-0.1, -0.05) is 32.9 Å². The second-order valence-corrected chi connectivity index (χ2v) is 5.26. The van der Waals surface area contributed by atoms with Crippen molar-refractivity contribution in [3.63, 3.8) is 0 Å². The highest BCUT2D eigenvalue weighted by molar-refractivity contribution is 5.29. The lowest BCUT2D eigenvalue weighted by atomic mass is 9.89. The fraction of sp³-hybridized carbons (Fsp3) is 0.600. The molecule has 0 radical (unpaired) electrons. The number of rotatable bonds is 5. The van der Waals surface area contributed by atoms with Crippen LogP contribution < -0.4 is 4.74 Å². The lowest BCUT2D eigenvalue weighted by Crippen LogP contribution is -2.21. The van der Waals surface area contributed by atoms with Crippen LogP contribution >= 0.6 is 0 Å². The summed E-state index contributed by atoms with van der Waals surface area (Å²) in [5, 5.41) is 10.0. The summed E-state index contributed by atoms with van der Waals surface area (Å²) in [4.78, 5) is 0. The van der Waals surface area contributed by atoms with E-state index in [2.05, 4.69) is 6.92 Å². The average Bonchev–Trinajstić information content (AvgIpc) is 2.27. The summed E-state index contributed by atoms with van der Waals surface area (Å²) in [6.07, 6.45) is -0.105. The molecular formula is C15H24O2. The predicted octanol–water partition coefficient (Wildman–Crippen LogP) is 3.59. The molecule has 2 unspecified atom stereocenters. The van der Waals surface area contributed by atoms with E-state index in [0.717, 1.165) is 11.3 Å². The van der Waals surface area contributed by atoms with Crippen molar-refractivity contribution in [3.05, 3.63) is 29.8 Å². The highest BCUT2D eigenvalue weighted by atomic mass is 16.5. The molecule has 0 saturated carbocycles. The molecule has 0 heterocycles. The fourth-order valence-corrected chi connectivity index (χ4v) is 1.90. The van der Waals surface area contributed by atoms with Crippen LogP contribution in [0.15, 0.2) is 24.3 Å². The quantitative estimate of drug-likeness (QED) is 0.846. The minimum atomic E-state index is -0.299. The van der Waals surface area contributed by atoms with Gasteiger partial charge in [0.05, 0.1) is 12.2 Å². The van der Waals surface area contributed by atoms with E-state index in [1.165, 1.54) is 0 Å². The van der Waals surface area contributed by atoms with Gasteiger partial charge in [0.25, 0.3) is 0 Å². The van der Waals surface area contributed by atoms with E-state index in [9.17, 15) is 5.11 Å². The first-order valence-electron chi connectivity index (χ1n) is 6.36. The summed E-state index contributed by atoms with van der Waals surface area (Å²) in [5.41, 5.74) is 1.15. The van der Waals surface area contributed by atoms with Crippen LogP contribution in [-0.2, 0) is 0 Å². The Hall–Kier alpha value is -1.02. The van der Waals surface area contributed by atoms with Gasteiger partial charge in [0.2, 0.25) is 0 Å². The number of ether oxygens (including phenoxy) is 1. The Morgan fingerprint density at radius 1 is 0.941 bits per heavy atom. The van der Waals surface area contributed by atoms with Gasteiger partial charge in [0.15, 0.2) is 0 Å². The molecule has 1 N–H and O–H groups in total. The van der Waals surface area contributed by atoms with E-state index in [1.807, 2.05) is 52.0 Å². The Morgan fingerprint density at radius 2 is 1.47 bits per heavy atom. The van der Waals surface area contributed by atoms with Crippen molar-refractivity contribution in [2.24, 2.45) is 5.92 Å². The van der Waals surface area contributed by atoms with Crippen LogP contribution in [0, 0.1) is 5.92 Å². The molecule has 2 atom stereocenters. The van der Waals surface area contributed by atoms with Crippen LogP contribution in [0.1, 0.15) is 46.1 Å². The first-order valence-corrected chi connectivity index (χ1v) is 6.36. The summed E-state index contributed by atoms with van der Waals surface area (Å²) in [6.45, 7) is 10.2. The second kappa shape index (κ2) is 6.06. The summed E-state index contributed by atoms with van der Waals surface area (Å²) in [7, 11) is 0. The van der Waals surface area contributed by atoms with Gasteiger partial charge in [-0.25, -0.2) is 0 Å². The monoisotopic (exact) mass is 236 g/mol. The van der Waals surface area contributed by atoms with Crippen LogP contribution in [0.4, 0.5) is 0 Å². The molecule has 0 aliphatic carbocycles. The molecule has 0 aliphatic rings. The van der Waals surface area contributed by atoms with E-state index in [4.69, 9.17) is 4.74 Å². The number of benzene rings is 1. The third-order valence-corrected chi connectivity index (χ3v) is 2.97. The van der Waals surface area contributed by atoms with Crippen molar-refractivity contribution < 1.29 is 9.84 Å². The van der Waals surface area contributed by atoms with E-state index >= 15 is 0 Å². The standard InChI is InChI=1S/C15H24O2/c1-10(2)15(16)12(5)13-6-8-14(9-7-13)17-11(3)4/h6-12,15-16H,1-5H3. The Kier molecular flexibility index (Phi) is 5.01. The molecule has 0 bridgehead atoms. The predicted molar refractivity (Wildman–Crippen MR) is 71.5 cm³/mol. The third kappa shape index (κ3) is 4.04. The molecule has 0 amide bonds. The molecule has 2 heteroatoms. The number of aliphatic hydroxyl groups excluding tert-OH is 1. The van der Waals surface area contributed by atoms with E-state index in [1.54, 1.807) is 0 Å². The highest BCUT2D eigenvalue weighted by Gasteiger charge is 2.19. The smallest absolute Gasteiger partial charge is 0.119 e. The maximum atomic E-state index is 10.0. The molecule has 0 fully saturated rings. The lowest BCUT2D eigenvalue weighted by Gasteiger charge is -2.22. The summed E-state index contributed by atoms with van der Waals surface area (Å²) in [6, 6.07) is 8.01. The van der Waals surface area contributed by atoms with Gasteiger partial charge in [0, 0.05) is 5.92 Å². The molecular weight excluding hydrogens is 212 g/mol. The highest BCUT2D eigenvalue weighted by Crippen LogP contribution is 2.25. The molecule has 0 aromatic heterocycles. The molecule has 0 saturated heterocycles. The zero-order valence-electron chi connectivity index (χ0n) is 11.5. The number of hydrogen-bond donors (Lipinski definition) is 1. The zero-order chi connectivity index (χ0) is 13.0. The maximum Gasteiger partial charge on any atom is 0.119 e. The third-order valence-electron chi connectivity index (χ3n) is 2.97. The van der Waals surface area contributed by atoms with E-state index in [-0.39, 0.29) is 24.0 Å². The average molecular weight is 236 g/mol. The van der Waals surface area contributed by atoms with Crippen molar-refractivity contribution in [1.29, 1.82) is 0 Å². The Balaban J connectivity index is 2.73. The summed E-state index contributed by atoms with van der Waals surface area (Å²) >= 11 is 0. The number of hydrogen-bond acceptors (Lipinski definition) is 2. The van der Waals surface area contributed by atoms with Gasteiger partial charge < -0.3 is 9.84 Å². The van der Waals surface area contributed by atoms with Gasteiger partial charge in [-0.15, -0.1) is 0 Å². The van der Waals surface area contributed by atoms with Crippen molar-refractivity contribution in [1.82, 2.24) is 0 Å². The second-order valence-electron chi connectivity index (χ2n) is 5.26. The van der Waals surface area contributed by atoms with Crippen LogP contribution in [0.5, 0.6) is 5.75 Å². The first-order chi connectivity index (χ1) is 7.91. The number of aliphatic hydroxyl groups is 1. The molecule has 17 heavy (non-hydrogen) atoms. The van der Waals surface area contributed by atoms with Gasteiger partial charge in [0.1, 0.15) is 5.75 Å². The van der Waals surface area contributed by atoms with Crippen molar-refractivity contribution in [2.75, 3.05) is 0 Å². The topological polar surface area (TPSA) is 29.5 Å². The van der Waals surface area contributed by atoms with E-state index < -0.39 is 0 Å². The normalized spacial score (nSPS) is 15.1. The molecule has 1 rings (SSSR count). The van der Waals surface area contributed by atoms with Gasteiger partial charge in [-0.3, -0.25) is 0 Å². The van der Waals surface area contributed by atoms with Crippen LogP contribution in [0.2, 0.25) is 0 Å². The minimum absolute atomic E-state index is 0.156. The molecule has 2 nitrogen and oxygen atoms in total. The fourth-order valence-electron chi connectivity index (χ4n) is 1.90. The Labute approximate surface area is 105 Å². The first kappa shape index (κ1) is 14.0. The van der Waals surface area contributed by atoms with Crippen molar-refractivity contribution >= 4 is 0 Å². The maximum absolute atomic E-state index is 10.0. The largest absolute Gasteiger partial charge is 0.491 e. The van der Waals surface area contributed by atoms with E-state index in [0.29, 0.717) is 0 Å². The Morgan fingerprint density at radius 3 is 1.88 bits per heavy atom. The lowest BCUT2D eigenvalue weighted by molar-refractivity contribution is 0.102. The van der Waals surface area contributed by atoms with Crippen LogP contribution in [-0.4, -0.2) is 17.3 Å². The molecule has 96 valence electrons. The van der Waals surface area contributed by atoms with Crippen LogP contribution in [0.3, 0.4) is 0 Å². The molecule has 1 aromatic rings. The van der Waals surface area contributed by atoms with Gasteiger partial charge in [-0.2, -0.15) is 0 Å². The molecule has 1 aromatic carbocycles. The minimum Gasteiger partial charge on any atom is -0.491 e. The van der Waals surface area contributed by atoms with Gasteiger partial charge >= 0.3 is 0 Å². The summed E-state index contributed by atoms with van der Waals surface area (Å²) in [5.74, 6) is 1.31. The van der Waals surface area contributed by atoms with Crippen molar-refractivity contribution in [2.45, 2.75) is 52.7 Å². The molecule has 0 spiro atoms. The zero-order valence-corrected chi connectivity index (χ0v) is 11.5. The molecule has 0 aliphatic heterocycles. The summed E-state index contributed by atoms with van der Waals surface area (Å²) < 4.78 is 5.59.